The molecule has 4 aromatic rings. The summed E-state index contributed by atoms with van der Waals surface area (Å²) in [5.74, 6) is 0.652. The van der Waals surface area contributed by atoms with Crippen molar-refractivity contribution in [2.45, 2.75) is 6.54 Å². The molecule has 2 heterocycles. The number of nitrogens with one attached hydrogen (secondary N) is 1. The van der Waals surface area contributed by atoms with Gasteiger partial charge >= 0.3 is 0 Å². The lowest BCUT2D eigenvalue weighted by Crippen LogP contribution is -2.13. The summed E-state index contributed by atoms with van der Waals surface area (Å²) in [6.07, 6.45) is 1.74. The second-order valence-corrected chi connectivity index (χ2v) is 6.49. The summed E-state index contributed by atoms with van der Waals surface area (Å²) in [6.45, 7) is 7.74. The van der Waals surface area contributed by atoms with Crippen LogP contribution in [0.2, 0.25) is 0 Å². The highest BCUT2D eigenvalue weighted by Gasteiger charge is 2.18. The number of aromatic amines is 1. The third-order valence-corrected chi connectivity index (χ3v) is 4.89. The maximum Gasteiger partial charge on any atom is 0.272 e. The first kappa shape index (κ1) is 18.4. The van der Waals surface area contributed by atoms with E-state index in [0.29, 0.717) is 27.9 Å². The second kappa shape index (κ2) is 7.22. The molecular formula is C21H18N6O2. The lowest BCUT2D eigenvalue weighted by molar-refractivity contribution is 0.415. The molecule has 2 aromatic carbocycles. The van der Waals surface area contributed by atoms with Crippen molar-refractivity contribution >= 4 is 16.5 Å². The summed E-state index contributed by atoms with van der Waals surface area (Å²) >= 11 is 0. The van der Waals surface area contributed by atoms with Crippen LogP contribution in [0, 0.1) is 6.57 Å². The van der Waals surface area contributed by atoms with Gasteiger partial charge in [0.15, 0.2) is 5.69 Å². The van der Waals surface area contributed by atoms with Crippen molar-refractivity contribution in [1.82, 2.24) is 20.0 Å². The van der Waals surface area contributed by atoms with Gasteiger partial charge in [-0.15, -0.1) is 0 Å². The summed E-state index contributed by atoms with van der Waals surface area (Å²) in [6, 6.07) is 10.8. The topological polar surface area (TPSA) is 103 Å². The molecule has 0 fully saturated rings. The van der Waals surface area contributed by atoms with E-state index in [0.717, 1.165) is 22.4 Å². The zero-order valence-corrected chi connectivity index (χ0v) is 15.9. The monoisotopic (exact) mass is 386 g/mol. The highest BCUT2D eigenvalue weighted by Crippen LogP contribution is 2.39. The van der Waals surface area contributed by atoms with Gasteiger partial charge in [-0.1, -0.05) is 12.1 Å². The van der Waals surface area contributed by atoms with Gasteiger partial charge in [-0.25, -0.2) is 9.94 Å². The van der Waals surface area contributed by atoms with Crippen LogP contribution < -0.4 is 16.0 Å². The Bertz CT molecular complexity index is 1330. The quantitative estimate of drug-likeness (QED) is 0.525. The molecule has 8 nitrogen and oxygen atoms in total. The maximum atomic E-state index is 12.1. The molecule has 0 amide bonds. The Morgan fingerprint density at radius 2 is 2.03 bits per heavy atom. The van der Waals surface area contributed by atoms with Crippen LogP contribution in [-0.2, 0) is 13.6 Å². The summed E-state index contributed by atoms with van der Waals surface area (Å²) in [5, 5.41) is 12.2. The van der Waals surface area contributed by atoms with Gasteiger partial charge in [0.2, 0.25) is 0 Å². The number of methoxy groups -OCH3 is 1. The van der Waals surface area contributed by atoms with Gasteiger partial charge in [-0.05, 0) is 29.8 Å². The van der Waals surface area contributed by atoms with Crippen LogP contribution in [0.1, 0.15) is 5.69 Å². The maximum absolute atomic E-state index is 12.1. The number of aryl methyl sites for hydroxylation is 1. The van der Waals surface area contributed by atoms with Crippen LogP contribution in [0.4, 0.5) is 5.69 Å². The van der Waals surface area contributed by atoms with Crippen molar-refractivity contribution in [3.8, 4) is 28.1 Å². The van der Waals surface area contributed by atoms with Crippen LogP contribution in [-0.4, -0.2) is 27.1 Å². The molecule has 29 heavy (non-hydrogen) atoms. The molecule has 0 saturated carbocycles. The van der Waals surface area contributed by atoms with Crippen molar-refractivity contribution in [3.63, 3.8) is 0 Å². The minimum absolute atomic E-state index is 0.203. The van der Waals surface area contributed by atoms with E-state index in [4.69, 9.17) is 17.0 Å². The molecule has 0 atom stereocenters. The first-order valence-electron chi connectivity index (χ1n) is 8.87. The molecule has 2 aromatic heterocycles. The Hall–Kier alpha value is -3.96. The number of hydrogen-bond donors (Lipinski definition) is 2. The van der Waals surface area contributed by atoms with Crippen LogP contribution in [0.5, 0.6) is 5.75 Å². The molecular weight excluding hydrogens is 368 g/mol. The fourth-order valence-electron chi connectivity index (χ4n) is 3.44. The molecule has 0 aliphatic carbocycles. The normalized spacial score (nSPS) is 10.8. The average molecular weight is 386 g/mol. The number of ether oxygens (including phenoxy) is 1. The van der Waals surface area contributed by atoms with Gasteiger partial charge in [0, 0.05) is 30.1 Å². The van der Waals surface area contributed by atoms with Gasteiger partial charge in [-0.2, -0.15) is 10.2 Å². The molecule has 0 radical (unpaired) electrons. The SMILES string of the molecule is [C-]#[N+]c1ccc(OC)cc1-c1c(-c2ccc3c(=O)[nH]nc(CN)c3c2)cnn1C. The van der Waals surface area contributed by atoms with Crippen molar-refractivity contribution in [1.29, 1.82) is 0 Å². The summed E-state index contributed by atoms with van der Waals surface area (Å²) in [7, 11) is 3.41. The molecule has 0 saturated heterocycles. The number of rotatable bonds is 4. The third-order valence-electron chi connectivity index (χ3n) is 4.89. The molecule has 144 valence electrons. The summed E-state index contributed by atoms with van der Waals surface area (Å²) < 4.78 is 7.07. The molecule has 8 heteroatoms. The number of fused-ring (bicyclic) bond motifs is 1. The fraction of sp³-hybridized carbons (Fsp3) is 0.143. The van der Waals surface area contributed by atoms with Crippen LogP contribution in [0.25, 0.3) is 38.0 Å². The van der Waals surface area contributed by atoms with E-state index in [1.54, 1.807) is 36.2 Å². The van der Waals surface area contributed by atoms with E-state index in [1.165, 1.54) is 0 Å². The predicted molar refractivity (Wildman–Crippen MR) is 111 cm³/mol. The van der Waals surface area contributed by atoms with Gasteiger partial charge in [0.25, 0.3) is 5.56 Å². The molecule has 0 aliphatic rings. The highest BCUT2D eigenvalue weighted by molar-refractivity contribution is 5.93. The zero-order chi connectivity index (χ0) is 20.5. The predicted octanol–water partition coefficient (Wildman–Crippen LogP) is 3.01. The number of nitrogens with two attached hydrogens (primary N) is 1. The van der Waals surface area contributed by atoms with E-state index in [2.05, 4.69) is 20.1 Å². The lowest BCUT2D eigenvalue weighted by atomic mass is 9.98. The molecule has 4 rings (SSSR count). The number of nitrogens with zero attached hydrogens (tertiary/aromatic N) is 4. The number of benzene rings is 2. The highest BCUT2D eigenvalue weighted by atomic mass is 16.5. The van der Waals surface area contributed by atoms with Crippen molar-refractivity contribution in [2.75, 3.05) is 7.11 Å². The fourth-order valence-corrected chi connectivity index (χ4v) is 3.44. The third kappa shape index (κ3) is 3.03. The largest absolute Gasteiger partial charge is 0.497 e. The van der Waals surface area contributed by atoms with Crippen molar-refractivity contribution < 1.29 is 4.74 Å². The summed E-state index contributed by atoms with van der Waals surface area (Å²) in [4.78, 5) is 15.8. The smallest absolute Gasteiger partial charge is 0.272 e. The zero-order valence-electron chi connectivity index (χ0n) is 15.9. The number of aromatic nitrogens is 4. The molecule has 0 unspecified atom stereocenters. The van der Waals surface area contributed by atoms with E-state index < -0.39 is 0 Å². The van der Waals surface area contributed by atoms with E-state index >= 15 is 0 Å². The van der Waals surface area contributed by atoms with Crippen LogP contribution in [0.15, 0.2) is 47.4 Å². The minimum atomic E-state index is -0.266. The lowest BCUT2D eigenvalue weighted by Gasteiger charge is -2.11. The van der Waals surface area contributed by atoms with Gasteiger partial charge < -0.3 is 10.5 Å². The first-order valence-corrected chi connectivity index (χ1v) is 8.87. The Morgan fingerprint density at radius 3 is 2.76 bits per heavy atom. The van der Waals surface area contributed by atoms with Crippen molar-refractivity contribution in [2.24, 2.45) is 12.8 Å². The Kier molecular flexibility index (Phi) is 4.58. The number of hydrogen-bond acceptors (Lipinski definition) is 5. The molecule has 0 spiro atoms. The van der Waals surface area contributed by atoms with E-state index in [9.17, 15) is 4.79 Å². The van der Waals surface area contributed by atoms with Gasteiger partial charge in [0.05, 0.1) is 36.7 Å². The Morgan fingerprint density at radius 1 is 1.21 bits per heavy atom. The molecule has 0 aliphatic heterocycles. The summed E-state index contributed by atoms with van der Waals surface area (Å²) in [5.41, 5.74) is 9.82. The van der Waals surface area contributed by atoms with E-state index in [-0.39, 0.29) is 12.1 Å². The number of H-pyrrole nitrogens is 1. The molecule has 0 bridgehead atoms. The van der Waals surface area contributed by atoms with Crippen LogP contribution in [0.3, 0.4) is 0 Å². The standard InChI is InChI=1S/C21H18N6O2/c1-23-18-7-5-13(29-3)9-16(18)20-17(11-24-27(20)2)12-4-6-14-15(8-12)19(10-22)25-26-21(14)28/h4-9,11H,10,22H2,2-3H3,(H,26,28). The van der Waals surface area contributed by atoms with Gasteiger partial charge in [-0.3, -0.25) is 9.48 Å². The second-order valence-electron chi connectivity index (χ2n) is 6.49. The Labute approximate surface area is 166 Å². The first-order chi connectivity index (χ1) is 14.1. The van der Waals surface area contributed by atoms with Crippen molar-refractivity contribution in [3.05, 3.63) is 70.1 Å². The molecule has 3 N–H and O–H groups in total. The minimum Gasteiger partial charge on any atom is -0.497 e. The van der Waals surface area contributed by atoms with Crippen LogP contribution >= 0.6 is 0 Å². The van der Waals surface area contributed by atoms with E-state index in [1.807, 2.05) is 25.2 Å². The average Bonchev–Trinajstić information content (AvgIpc) is 3.14. The van der Waals surface area contributed by atoms with Gasteiger partial charge in [0.1, 0.15) is 5.75 Å². The Balaban J connectivity index is 1.98.